The van der Waals surface area contributed by atoms with Crippen molar-refractivity contribution in [2.75, 3.05) is 26.0 Å². The van der Waals surface area contributed by atoms with E-state index in [4.69, 9.17) is 0 Å². The molecule has 2 aromatic rings. The van der Waals surface area contributed by atoms with Gasteiger partial charge in [-0.2, -0.15) is 0 Å². The first kappa shape index (κ1) is 19.5. The Morgan fingerprint density at radius 1 is 1.00 bits per heavy atom. The van der Waals surface area contributed by atoms with Crippen LogP contribution >= 0.6 is 0 Å². The van der Waals surface area contributed by atoms with E-state index in [2.05, 4.69) is 10.6 Å². The number of benzene rings is 2. The van der Waals surface area contributed by atoms with Gasteiger partial charge in [0.05, 0.1) is 12.6 Å². The molecule has 5 nitrogen and oxygen atoms in total. The summed E-state index contributed by atoms with van der Waals surface area (Å²) in [6, 6.07) is 17.7. The largest absolute Gasteiger partial charge is 0.376 e. The van der Waals surface area contributed by atoms with Crippen molar-refractivity contribution in [2.45, 2.75) is 25.8 Å². The molecule has 26 heavy (non-hydrogen) atoms. The number of hydrogen-bond donors (Lipinski definition) is 2. The fourth-order valence-electron chi connectivity index (χ4n) is 2.56. The second-order valence-electron chi connectivity index (χ2n) is 6.54. The molecule has 2 N–H and O–H groups in total. The van der Waals surface area contributed by atoms with E-state index in [9.17, 15) is 9.59 Å². The average molecular weight is 353 g/mol. The summed E-state index contributed by atoms with van der Waals surface area (Å²) in [5.41, 5.74) is 3.07. The van der Waals surface area contributed by atoms with Crippen LogP contribution < -0.4 is 10.6 Å². The summed E-state index contributed by atoms with van der Waals surface area (Å²) in [5, 5.41) is 6.10. The van der Waals surface area contributed by atoms with Crippen LogP contribution in [0.25, 0.3) is 0 Å². The molecular weight excluding hydrogens is 326 g/mol. The highest BCUT2D eigenvalue weighted by Crippen LogP contribution is 2.13. The Hall–Kier alpha value is -2.82. The Balaban J connectivity index is 1.76. The van der Waals surface area contributed by atoms with Gasteiger partial charge in [-0.15, -0.1) is 0 Å². The predicted molar refractivity (Wildman–Crippen MR) is 105 cm³/mol. The van der Waals surface area contributed by atoms with E-state index in [-0.39, 0.29) is 24.4 Å². The van der Waals surface area contributed by atoms with Gasteiger partial charge in [-0.3, -0.25) is 9.59 Å². The van der Waals surface area contributed by atoms with Crippen LogP contribution in [0.3, 0.4) is 0 Å². The van der Waals surface area contributed by atoms with Gasteiger partial charge in [0.25, 0.3) is 0 Å². The maximum absolute atomic E-state index is 12.1. The lowest BCUT2D eigenvalue weighted by atomic mass is 10.1. The number of amides is 2. The van der Waals surface area contributed by atoms with Gasteiger partial charge in [0, 0.05) is 26.2 Å². The van der Waals surface area contributed by atoms with Crippen LogP contribution in [-0.4, -0.2) is 37.4 Å². The van der Waals surface area contributed by atoms with Gasteiger partial charge in [-0.1, -0.05) is 42.5 Å². The normalized spacial score (nSPS) is 11.5. The number of anilines is 1. The molecule has 0 saturated heterocycles. The highest BCUT2D eigenvalue weighted by atomic mass is 16.2. The van der Waals surface area contributed by atoms with Crippen molar-refractivity contribution in [2.24, 2.45) is 0 Å². The van der Waals surface area contributed by atoms with Crippen molar-refractivity contribution in [1.82, 2.24) is 10.2 Å². The summed E-state index contributed by atoms with van der Waals surface area (Å²) in [7, 11) is 3.53. The quantitative estimate of drug-likeness (QED) is 0.767. The minimum atomic E-state index is -0.0537. The molecule has 0 aliphatic carbocycles. The van der Waals surface area contributed by atoms with E-state index in [0.717, 1.165) is 16.8 Å². The minimum absolute atomic E-state index is 0.0258. The summed E-state index contributed by atoms with van der Waals surface area (Å²) in [6.07, 6.45) is 1.21. The number of aryl methyl sites for hydroxylation is 1. The molecule has 0 heterocycles. The number of rotatable bonds is 8. The molecule has 1 unspecified atom stereocenters. The van der Waals surface area contributed by atoms with Crippen LogP contribution in [0.4, 0.5) is 5.69 Å². The van der Waals surface area contributed by atoms with Crippen LogP contribution in [0.1, 0.15) is 30.5 Å². The molecule has 0 aliphatic heterocycles. The Bertz CT molecular complexity index is 712. The minimum Gasteiger partial charge on any atom is -0.376 e. The number of nitrogens with one attached hydrogen (secondary N) is 2. The van der Waals surface area contributed by atoms with E-state index in [1.54, 1.807) is 19.0 Å². The second kappa shape index (κ2) is 9.61. The van der Waals surface area contributed by atoms with Gasteiger partial charge in [-0.05, 0) is 36.6 Å². The molecule has 1 atom stereocenters. The van der Waals surface area contributed by atoms with Crippen molar-refractivity contribution in [3.8, 4) is 0 Å². The highest BCUT2D eigenvalue weighted by Gasteiger charge is 2.09. The maximum atomic E-state index is 12.1. The van der Waals surface area contributed by atoms with Crippen LogP contribution in [-0.2, 0) is 16.0 Å². The fraction of sp³-hybridized carbons (Fsp3) is 0.333. The highest BCUT2D eigenvalue weighted by molar-refractivity contribution is 5.81. The molecule has 2 rings (SSSR count). The first-order chi connectivity index (χ1) is 12.5. The Labute approximate surface area is 155 Å². The van der Waals surface area contributed by atoms with Crippen LogP contribution in [0.5, 0.6) is 0 Å². The van der Waals surface area contributed by atoms with Gasteiger partial charge in [-0.25, -0.2) is 0 Å². The van der Waals surface area contributed by atoms with E-state index in [1.807, 2.05) is 61.5 Å². The Kier molecular flexibility index (Phi) is 7.21. The number of carbonyl (C=O) groups excluding carboxylic acids is 2. The molecule has 5 heteroatoms. The monoisotopic (exact) mass is 353 g/mol. The topological polar surface area (TPSA) is 61.4 Å². The molecule has 0 spiro atoms. The average Bonchev–Trinajstić information content (AvgIpc) is 2.65. The van der Waals surface area contributed by atoms with Crippen molar-refractivity contribution >= 4 is 17.5 Å². The Morgan fingerprint density at radius 3 is 2.27 bits per heavy atom. The first-order valence-electron chi connectivity index (χ1n) is 8.83. The molecule has 0 fully saturated rings. The number of hydrogen-bond acceptors (Lipinski definition) is 3. The SMILES string of the molecule is CC(NC(=O)CNc1ccc(CCC(=O)N(C)C)cc1)c1ccccc1. The van der Waals surface area contributed by atoms with Gasteiger partial charge < -0.3 is 15.5 Å². The number of nitrogens with zero attached hydrogens (tertiary/aromatic N) is 1. The van der Waals surface area contributed by atoms with E-state index >= 15 is 0 Å². The molecular formula is C21H27N3O2. The Morgan fingerprint density at radius 2 is 1.65 bits per heavy atom. The molecule has 0 saturated carbocycles. The maximum Gasteiger partial charge on any atom is 0.239 e. The van der Waals surface area contributed by atoms with Crippen molar-refractivity contribution in [3.05, 3.63) is 65.7 Å². The van der Waals surface area contributed by atoms with Crippen molar-refractivity contribution in [1.29, 1.82) is 0 Å². The standard InChI is InChI=1S/C21H27N3O2/c1-16(18-7-5-4-6-8-18)23-20(25)15-22-19-12-9-17(10-13-19)11-14-21(26)24(2)3/h4-10,12-13,16,22H,11,14-15H2,1-3H3,(H,23,25). The van der Waals surface area contributed by atoms with E-state index in [0.29, 0.717) is 12.8 Å². The van der Waals surface area contributed by atoms with Gasteiger partial charge in [0.15, 0.2) is 0 Å². The third-order valence-corrected chi connectivity index (χ3v) is 4.21. The zero-order valence-electron chi connectivity index (χ0n) is 15.7. The summed E-state index contributed by atoms with van der Waals surface area (Å²) in [4.78, 5) is 25.3. The molecule has 2 amide bonds. The molecule has 2 aromatic carbocycles. The molecule has 0 radical (unpaired) electrons. The van der Waals surface area contributed by atoms with Crippen molar-refractivity contribution < 1.29 is 9.59 Å². The third kappa shape index (κ3) is 6.24. The fourth-order valence-corrected chi connectivity index (χ4v) is 2.56. The van der Waals surface area contributed by atoms with Crippen LogP contribution in [0, 0.1) is 0 Å². The summed E-state index contributed by atoms with van der Waals surface area (Å²) in [5.74, 6) is 0.0680. The lowest BCUT2D eigenvalue weighted by Gasteiger charge is -2.15. The molecule has 0 aromatic heterocycles. The molecule has 0 bridgehead atoms. The lowest BCUT2D eigenvalue weighted by molar-refractivity contribution is -0.128. The van der Waals surface area contributed by atoms with Gasteiger partial charge >= 0.3 is 0 Å². The summed E-state index contributed by atoms with van der Waals surface area (Å²) < 4.78 is 0. The third-order valence-electron chi connectivity index (χ3n) is 4.21. The zero-order chi connectivity index (χ0) is 18.9. The van der Waals surface area contributed by atoms with E-state index in [1.165, 1.54) is 0 Å². The van der Waals surface area contributed by atoms with Gasteiger partial charge in [0.1, 0.15) is 0 Å². The molecule has 138 valence electrons. The van der Waals surface area contributed by atoms with Gasteiger partial charge in [0.2, 0.25) is 11.8 Å². The first-order valence-corrected chi connectivity index (χ1v) is 8.83. The van der Waals surface area contributed by atoms with E-state index < -0.39 is 0 Å². The predicted octanol–water partition coefficient (Wildman–Crippen LogP) is 3.00. The zero-order valence-corrected chi connectivity index (χ0v) is 15.7. The van der Waals surface area contributed by atoms with Crippen molar-refractivity contribution in [3.63, 3.8) is 0 Å². The summed E-state index contributed by atoms with van der Waals surface area (Å²) >= 11 is 0. The van der Waals surface area contributed by atoms with Crippen LogP contribution in [0.15, 0.2) is 54.6 Å². The second-order valence-corrected chi connectivity index (χ2v) is 6.54. The lowest BCUT2D eigenvalue weighted by Crippen LogP contribution is -2.32. The van der Waals surface area contributed by atoms with Crippen LogP contribution in [0.2, 0.25) is 0 Å². The summed E-state index contributed by atoms with van der Waals surface area (Å²) in [6.45, 7) is 2.19. The number of carbonyl (C=O) groups is 2. The molecule has 0 aliphatic rings. The smallest absolute Gasteiger partial charge is 0.239 e.